The molecule has 0 aromatic carbocycles. The van der Waals surface area contributed by atoms with Gasteiger partial charge in [-0.15, -0.1) is 0 Å². The summed E-state index contributed by atoms with van der Waals surface area (Å²) in [4.78, 5) is 12.4. The van der Waals surface area contributed by atoms with Gasteiger partial charge in [-0.05, 0) is 91.8 Å². The zero-order valence-corrected chi connectivity index (χ0v) is 18.3. The van der Waals surface area contributed by atoms with Crippen LogP contribution in [0.4, 0.5) is 0 Å². The topological polar surface area (TPSA) is 37.3 Å². The number of ketones is 1. The first kappa shape index (κ1) is 19.7. The molecule has 4 aliphatic rings. The lowest BCUT2D eigenvalue weighted by molar-refractivity contribution is -0.135. The molecule has 1 N–H and O–H groups in total. The van der Waals surface area contributed by atoms with Crippen LogP contribution in [0.2, 0.25) is 0 Å². The number of hydrogen-bond acceptors (Lipinski definition) is 2. The maximum Gasteiger partial charge on any atom is 0.133 e. The van der Waals surface area contributed by atoms with Crippen molar-refractivity contribution in [1.82, 2.24) is 0 Å². The van der Waals surface area contributed by atoms with Gasteiger partial charge in [0, 0.05) is 5.92 Å². The Bertz CT molecular complexity index is 665. The monoisotopic (exact) mass is 372 g/mol. The summed E-state index contributed by atoms with van der Waals surface area (Å²) in [5.74, 6) is 3.39. The van der Waals surface area contributed by atoms with Gasteiger partial charge < -0.3 is 5.11 Å². The standard InChI is InChI=1S/C25H40O2/c1-15-13-22-20-8-7-18-14-19(27)9-11-23(18,4)21(20)10-12-24(22,5)25(15,6)16(2)17(3)26/h7,15-16,19-22,27H,8-14H2,1-6H3. The summed E-state index contributed by atoms with van der Waals surface area (Å²) in [7, 11) is 0. The first-order chi connectivity index (χ1) is 12.6. The van der Waals surface area contributed by atoms with E-state index in [9.17, 15) is 9.90 Å². The number of carbonyl (C=O) groups is 1. The van der Waals surface area contributed by atoms with Gasteiger partial charge in [-0.1, -0.05) is 46.3 Å². The lowest BCUT2D eigenvalue weighted by Crippen LogP contribution is -2.54. The maximum atomic E-state index is 12.4. The van der Waals surface area contributed by atoms with Gasteiger partial charge in [0.15, 0.2) is 0 Å². The van der Waals surface area contributed by atoms with E-state index < -0.39 is 0 Å². The van der Waals surface area contributed by atoms with Gasteiger partial charge in [-0.3, -0.25) is 4.79 Å². The molecule has 27 heavy (non-hydrogen) atoms. The molecule has 2 nitrogen and oxygen atoms in total. The van der Waals surface area contributed by atoms with Gasteiger partial charge in [0.05, 0.1) is 6.10 Å². The first-order valence-electron chi connectivity index (χ1n) is 11.4. The van der Waals surface area contributed by atoms with Crippen LogP contribution in [-0.4, -0.2) is 17.0 Å². The molecule has 4 rings (SSSR count). The fourth-order valence-corrected chi connectivity index (χ4v) is 8.60. The lowest BCUT2D eigenvalue weighted by Gasteiger charge is -2.60. The summed E-state index contributed by atoms with van der Waals surface area (Å²) >= 11 is 0. The second-order valence-electron chi connectivity index (χ2n) is 11.4. The van der Waals surface area contributed by atoms with E-state index in [-0.39, 0.29) is 22.9 Å². The molecule has 0 saturated heterocycles. The Labute approximate surface area is 166 Å². The minimum Gasteiger partial charge on any atom is -0.393 e. The highest BCUT2D eigenvalue weighted by molar-refractivity contribution is 5.79. The number of carbonyl (C=O) groups excluding carboxylic acids is 1. The van der Waals surface area contributed by atoms with Crippen LogP contribution in [0.1, 0.15) is 86.5 Å². The van der Waals surface area contributed by atoms with Crippen LogP contribution in [0.25, 0.3) is 0 Å². The van der Waals surface area contributed by atoms with Crippen LogP contribution in [0.5, 0.6) is 0 Å². The van der Waals surface area contributed by atoms with Crippen LogP contribution >= 0.6 is 0 Å². The Hall–Kier alpha value is -0.630. The number of allylic oxidation sites excluding steroid dienone is 1. The van der Waals surface area contributed by atoms with Gasteiger partial charge in [-0.25, -0.2) is 0 Å². The molecule has 3 saturated carbocycles. The molecular weight excluding hydrogens is 332 g/mol. The van der Waals surface area contributed by atoms with Gasteiger partial charge in [-0.2, -0.15) is 0 Å². The smallest absolute Gasteiger partial charge is 0.133 e. The van der Waals surface area contributed by atoms with Crippen LogP contribution in [0, 0.1) is 45.8 Å². The third-order valence-corrected chi connectivity index (χ3v) is 10.8. The molecule has 0 aliphatic heterocycles. The SMILES string of the molecule is CC(=O)C(C)C1(C)C(C)CC2C3CC=C4CC(O)CCC4(C)C3CCC21C. The Morgan fingerprint density at radius 2 is 1.89 bits per heavy atom. The lowest BCUT2D eigenvalue weighted by atomic mass is 9.44. The molecule has 0 bridgehead atoms. The summed E-state index contributed by atoms with van der Waals surface area (Å²) in [6.45, 7) is 13.9. The Morgan fingerprint density at radius 3 is 2.56 bits per heavy atom. The highest BCUT2D eigenvalue weighted by Gasteiger charge is 2.66. The number of Topliss-reactive ketones (excluding diaryl/α,β-unsaturated/α-hetero) is 1. The van der Waals surface area contributed by atoms with E-state index >= 15 is 0 Å². The molecule has 3 fully saturated rings. The number of aliphatic hydroxyl groups excluding tert-OH is 1. The third-order valence-electron chi connectivity index (χ3n) is 10.8. The number of rotatable bonds is 2. The summed E-state index contributed by atoms with van der Waals surface area (Å²) in [5, 5.41) is 10.2. The highest BCUT2D eigenvalue weighted by atomic mass is 16.3. The predicted octanol–water partition coefficient (Wildman–Crippen LogP) is 5.79. The number of aliphatic hydroxyl groups is 1. The van der Waals surface area contributed by atoms with Crippen molar-refractivity contribution in [3.05, 3.63) is 11.6 Å². The molecule has 0 amide bonds. The Morgan fingerprint density at radius 1 is 1.19 bits per heavy atom. The molecule has 0 aromatic rings. The van der Waals surface area contributed by atoms with Crippen molar-refractivity contribution in [3.8, 4) is 0 Å². The van der Waals surface area contributed by atoms with Crippen LogP contribution in [0.3, 0.4) is 0 Å². The summed E-state index contributed by atoms with van der Waals surface area (Å²) < 4.78 is 0. The maximum absolute atomic E-state index is 12.4. The van der Waals surface area contributed by atoms with Crippen molar-refractivity contribution in [2.24, 2.45) is 45.8 Å². The second-order valence-corrected chi connectivity index (χ2v) is 11.4. The predicted molar refractivity (Wildman–Crippen MR) is 110 cm³/mol. The third kappa shape index (κ3) is 2.44. The molecule has 0 aromatic heterocycles. The van der Waals surface area contributed by atoms with E-state index in [1.54, 1.807) is 12.5 Å². The highest BCUT2D eigenvalue weighted by Crippen LogP contribution is 2.72. The van der Waals surface area contributed by atoms with E-state index in [2.05, 4.69) is 40.7 Å². The van der Waals surface area contributed by atoms with E-state index in [1.807, 2.05) is 0 Å². The largest absolute Gasteiger partial charge is 0.393 e. The van der Waals surface area contributed by atoms with Gasteiger partial charge in [0.2, 0.25) is 0 Å². The Kier molecular flexibility index (Phi) is 4.50. The van der Waals surface area contributed by atoms with Crippen LogP contribution in [0.15, 0.2) is 11.6 Å². The van der Waals surface area contributed by atoms with E-state index in [0.717, 1.165) is 37.0 Å². The van der Waals surface area contributed by atoms with Gasteiger partial charge >= 0.3 is 0 Å². The molecular formula is C25H40O2. The fraction of sp³-hybridized carbons (Fsp3) is 0.880. The molecule has 152 valence electrons. The molecule has 0 spiro atoms. The van der Waals surface area contributed by atoms with Gasteiger partial charge in [0.1, 0.15) is 5.78 Å². The molecule has 9 atom stereocenters. The van der Waals surface area contributed by atoms with Crippen LogP contribution in [-0.2, 0) is 4.79 Å². The molecule has 0 radical (unpaired) electrons. The second kappa shape index (κ2) is 6.18. The average molecular weight is 373 g/mol. The van der Waals surface area contributed by atoms with Gasteiger partial charge in [0.25, 0.3) is 0 Å². The van der Waals surface area contributed by atoms with Crippen molar-refractivity contribution < 1.29 is 9.90 Å². The van der Waals surface area contributed by atoms with Crippen molar-refractivity contribution >= 4 is 5.78 Å². The zero-order valence-electron chi connectivity index (χ0n) is 18.3. The van der Waals surface area contributed by atoms with E-state index in [0.29, 0.717) is 17.1 Å². The zero-order chi connectivity index (χ0) is 19.8. The van der Waals surface area contributed by atoms with Crippen LogP contribution < -0.4 is 0 Å². The van der Waals surface area contributed by atoms with Crippen molar-refractivity contribution in [1.29, 1.82) is 0 Å². The van der Waals surface area contributed by atoms with Crippen molar-refractivity contribution in [3.63, 3.8) is 0 Å². The number of hydrogen-bond donors (Lipinski definition) is 1. The summed E-state index contributed by atoms with van der Waals surface area (Å²) in [5.41, 5.74) is 2.24. The molecule has 9 unspecified atom stereocenters. The van der Waals surface area contributed by atoms with E-state index in [4.69, 9.17) is 0 Å². The summed E-state index contributed by atoms with van der Waals surface area (Å²) in [6.07, 6.45) is 10.5. The molecule has 2 heteroatoms. The minimum atomic E-state index is -0.124. The average Bonchev–Trinajstić information content (AvgIpc) is 2.83. The number of fused-ring (bicyclic) bond motifs is 5. The summed E-state index contributed by atoms with van der Waals surface area (Å²) in [6, 6.07) is 0. The molecule has 4 aliphatic carbocycles. The minimum absolute atomic E-state index is 0.113. The van der Waals surface area contributed by atoms with Crippen molar-refractivity contribution in [2.75, 3.05) is 0 Å². The van der Waals surface area contributed by atoms with Crippen molar-refractivity contribution in [2.45, 2.75) is 92.6 Å². The molecule has 0 heterocycles. The fourth-order valence-electron chi connectivity index (χ4n) is 8.60. The van der Waals surface area contributed by atoms with E-state index in [1.165, 1.54) is 25.7 Å². The quantitative estimate of drug-likeness (QED) is 0.623. The first-order valence-corrected chi connectivity index (χ1v) is 11.4. The Balaban J connectivity index is 1.71. The normalized spacial score (nSPS) is 53.0.